The summed E-state index contributed by atoms with van der Waals surface area (Å²) in [4.78, 5) is 39.0. The summed E-state index contributed by atoms with van der Waals surface area (Å²) in [6.45, 7) is 9.94. The Balaban J connectivity index is 1.59. The van der Waals surface area contributed by atoms with E-state index in [2.05, 4.69) is 14.9 Å². The zero-order valence-electron chi connectivity index (χ0n) is 15.4. The van der Waals surface area contributed by atoms with Gasteiger partial charge < -0.3 is 14.7 Å². The maximum atomic E-state index is 12.8. The minimum atomic E-state index is -0.0489. The number of carbonyl (C=O) groups excluding carboxylic acids is 2. The molecule has 3 heterocycles. The first kappa shape index (κ1) is 17.6. The summed E-state index contributed by atoms with van der Waals surface area (Å²) in [7, 11) is 0. The number of aromatic nitrogens is 2. The van der Waals surface area contributed by atoms with Crippen LogP contribution in [-0.4, -0.2) is 70.9 Å². The van der Waals surface area contributed by atoms with Gasteiger partial charge in [0.2, 0.25) is 11.8 Å². The van der Waals surface area contributed by atoms with Crippen LogP contribution in [0, 0.1) is 19.8 Å². The molecule has 0 aliphatic carbocycles. The molecule has 0 unspecified atom stereocenters. The lowest BCUT2D eigenvalue weighted by Crippen LogP contribution is -2.53. The molecular weight excluding hydrogens is 318 g/mol. The lowest BCUT2D eigenvalue weighted by molar-refractivity contribution is -0.140. The van der Waals surface area contributed by atoms with E-state index in [9.17, 15) is 9.59 Å². The molecule has 0 radical (unpaired) electrons. The van der Waals surface area contributed by atoms with Gasteiger partial charge in [-0.25, -0.2) is 9.97 Å². The highest BCUT2D eigenvalue weighted by Gasteiger charge is 2.32. The highest BCUT2D eigenvalue weighted by Crippen LogP contribution is 2.22. The second-order valence-corrected chi connectivity index (χ2v) is 7.02. The van der Waals surface area contributed by atoms with E-state index < -0.39 is 0 Å². The fourth-order valence-corrected chi connectivity index (χ4v) is 3.71. The number of likely N-dealkylation sites (tertiary alicyclic amines) is 1. The molecule has 1 aromatic rings. The first-order chi connectivity index (χ1) is 12.0. The molecule has 136 valence electrons. The molecule has 1 aromatic heterocycles. The number of hydrogen-bond donors (Lipinski definition) is 0. The van der Waals surface area contributed by atoms with Crippen molar-refractivity contribution in [1.82, 2.24) is 19.8 Å². The van der Waals surface area contributed by atoms with Crippen LogP contribution in [-0.2, 0) is 9.59 Å². The van der Waals surface area contributed by atoms with Gasteiger partial charge in [-0.05, 0) is 26.7 Å². The largest absolute Gasteiger partial charge is 0.353 e. The van der Waals surface area contributed by atoms with Crippen molar-refractivity contribution in [2.75, 3.05) is 44.2 Å². The number of nitrogens with zero attached hydrogens (tertiary/aromatic N) is 5. The van der Waals surface area contributed by atoms with Crippen LogP contribution in [0.25, 0.3) is 0 Å². The second kappa shape index (κ2) is 7.37. The fourth-order valence-electron chi connectivity index (χ4n) is 3.71. The Morgan fingerprint density at radius 3 is 2.44 bits per heavy atom. The van der Waals surface area contributed by atoms with E-state index in [4.69, 9.17) is 0 Å². The molecule has 2 saturated heterocycles. The van der Waals surface area contributed by atoms with Crippen molar-refractivity contribution >= 4 is 17.6 Å². The van der Waals surface area contributed by atoms with Gasteiger partial charge in [-0.2, -0.15) is 0 Å². The van der Waals surface area contributed by atoms with Gasteiger partial charge in [0.15, 0.2) is 0 Å². The Morgan fingerprint density at radius 1 is 1.04 bits per heavy atom. The van der Waals surface area contributed by atoms with Crippen molar-refractivity contribution < 1.29 is 9.59 Å². The molecule has 3 rings (SSSR count). The normalized spacial score (nSPS) is 21.4. The number of piperidine rings is 1. The first-order valence-corrected chi connectivity index (χ1v) is 9.05. The van der Waals surface area contributed by atoms with Gasteiger partial charge >= 0.3 is 0 Å². The predicted octanol–water partition coefficient (Wildman–Crippen LogP) is 1.00. The van der Waals surface area contributed by atoms with Crippen LogP contribution in [0.4, 0.5) is 5.82 Å². The standard InChI is InChI=1S/C18H27N5O2/c1-13-14(2)19-12-20-17(13)21-7-9-22(10-8-21)18(25)16-5-4-6-23(11-16)15(3)24/h12,16H,4-11H2,1-3H3/t16-/m0/s1. The molecule has 1 atom stereocenters. The van der Waals surface area contributed by atoms with Gasteiger partial charge in [-0.3, -0.25) is 9.59 Å². The fraction of sp³-hybridized carbons (Fsp3) is 0.667. The van der Waals surface area contributed by atoms with Gasteiger partial charge in [0.25, 0.3) is 0 Å². The van der Waals surface area contributed by atoms with Gasteiger partial charge in [-0.1, -0.05) is 0 Å². The molecular formula is C18H27N5O2. The second-order valence-electron chi connectivity index (χ2n) is 7.02. The molecule has 0 N–H and O–H groups in total. The molecule has 0 spiro atoms. The third-order valence-corrected chi connectivity index (χ3v) is 5.42. The van der Waals surface area contributed by atoms with E-state index in [1.807, 2.05) is 18.7 Å². The van der Waals surface area contributed by atoms with Crippen molar-refractivity contribution in [1.29, 1.82) is 0 Å². The summed E-state index contributed by atoms with van der Waals surface area (Å²) in [6, 6.07) is 0. The Labute approximate surface area is 149 Å². The Bertz CT molecular complexity index is 655. The first-order valence-electron chi connectivity index (χ1n) is 9.05. The topological polar surface area (TPSA) is 69.6 Å². The van der Waals surface area contributed by atoms with Crippen molar-refractivity contribution in [3.8, 4) is 0 Å². The van der Waals surface area contributed by atoms with E-state index >= 15 is 0 Å². The molecule has 0 saturated carbocycles. The summed E-state index contributed by atoms with van der Waals surface area (Å²) in [6.07, 6.45) is 3.40. The van der Waals surface area contributed by atoms with E-state index in [1.165, 1.54) is 0 Å². The predicted molar refractivity (Wildman–Crippen MR) is 95.3 cm³/mol. The molecule has 2 aliphatic heterocycles. The number of aryl methyl sites for hydroxylation is 1. The summed E-state index contributed by atoms with van der Waals surface area (Å²) in [5, 5.41) is 0. The van der Waals surface area contributed by atoms with Crippen molar-refractivity contribution in [3.05, 3.63) is 17.6 Å². The van der Waals surface area contributed by atoms with Crippen LogP contribution in [0.15, 0.2) is 6.33 Å². The highest BCUT2D eigenvalue weighted by atomic mass is 16.2. The molecule has 2 amide bonds. The third-order valence-electron chi connectivity index (χ3n) is 5.42. The van der Waals surface area contributed by atoms with Crippen LogP contribution in [0.1, 0.15) is 31.0 Å². The van der Waals surface area contributed by atoms with Crippen LogP contribution >= 0.6 is 0 Å². The average molecular weight is 345 g/mol. The number of amides is 2. The van der Waals surface area contributed by atoms with Gasteiger partial charge in [0.1, 0.15) is 12.1 Å². The number of piperazine rings is 1. The zero-order chi connectivity index (χ0) is 18.0. The van der Waals surface area contributed by atoms with E-state index in [0.29, 0.717) is 19.6 Å². The molecule has 7 nitrogen and oxygen atoms in total. The molecule has 7 heteroatoms. The highest BCUT2D eigenvalue weighted by molar-refractivity contribution is 5.81. The molecule has 2 fully saturated rings. The molecule has 0 aromatic carbocycles. The van der Waals surface area contributed by atoms with E-state index in [1.54, 1.807) is 18.2 Å². The molecule has 0 bridgehead atoms. The average Bonchev–Trinajstić information content (AvgIpc) is 2.63. The third kappa shape index (κ3) is 3.75. The van der Waals surface area contributed by atoms with E-state index in [-0.39, 0.29) is 17.7 Å². The van der Waals surface area contributed by atoms with Crippen molar-refractivity contribution in [3.63, 3.8) is 0 Å². The van der Waals surface area contributed by atoms with E-state index in [0.717, 1.165) is 49.6 Å². The minimum Gasteiger partial charge on any atom is -0.353 e. The number of carbonyl (C=O) groups is 2. The number of hydrogen-bond acceptors (Lipinski definition) is 5. The van der Waals surface area contributed by atoms with Crippen LogP contribution in [0.3, 0.4) is 0 Å². The minimum absolute atomic E-state index is 0.0489. The summed E-state index contributed by atoms with van der Waals surface area (Å²) < 4.78 is 0. The summed E-state index contributed by atoms with van der Waals surface area (Å²) in [5.74, 6) is 1.19. The number of rotatable bonds is 2. The Hall–Kier alpha value is -2.18. The smallest absolute Gasteiger partial charge is 0.227 e. The van der Waals surface area contributed by atoms with Gasteiger partial charge in [0.05, 0.1) is 5.92 Å². The quantitative estimate of drug-likeness (QED) is 0.800. The van der Waals surface area contributed by atoms with Crippen LogP contribution in [0.5, 0.6) is 0 Å². The lowest BCUT2D eigenvalue weighted by atomic mass is 9.96. The monoisotopic (exact) mass is 345 g/mol. The lowest BCUT2D eigenvalue weighted by Gasteiger charge is -2.39. The molecule has 25 heavy (non-hydrogen) atoms. The Kier molecular flexibility index (Phi) is 5.20. The van der Waals surface area contributed by atoms with Crippen LogP contribution < -0.4 is 4.90 Å². The maximum Gasteiger partial charge on any atom is 0.227 e. The van der Waals surface area contributed by atoms with Gasteiger partial charge in [-0.15, -0.1) is 0 Å². The molecule has 2 aliphatic rings. The SMILES string of the molecule is CC(=O)N1CCC[C@H](C(=O)N2CCN(c3ncnc(C)c3C)CC2)C1. The zero-order valence-corrected chi connectivity index (χ0v) is 15.4. The summed E-state index contributed by atoms with van der Waals surface area (Å²) >= 11 is 0. The van der Waals surface area contributed by atoms with Crippen molar-refractivity contribution in [2.45, 2.75) is 33.6 Å². The number of anilines is 1. The summed E-state index contributed by atoms with van der Waals surface area (Å²) in [5.41, 5.74) is 2.10. The van der Waals surface area contributed by atoms with Gasteiger partial charge in [0, 0.05) is 57.4 Å². The maximum absolute atomic E-state index is 12.8. The van der Waals surface area contributed by atoms with Crippen LogP contribution in [0.2, 0.25) is 0 Å². The van der Waals surface area contributed by atoms with Crippen molar-refractivity contribution in [2.24, 2.45) is 5.92 Å². The Morgan fingerprint density at radius 2 is 1.76 bits per heavy atom.